The van der Waals surface area contributed by atoms with E-state index in [2.05, 4.69) is 11.4 Å². The Morgan fingerprint density at radius 3 is 2.86 bits per heavy atom. The molecule has 0 fully saturated rings. The zero-order valence-corrected chi connectivity index (χ0v) is 13.3. The summed E-state index contributed by atoms with van der Waals surface area (Å²) in [5.41, 5.74) is 1.73. The number of hydrogen-bond acceptors (Lipinski definition) is 4. The molecule has 0 saturated carbocycles. The van der Waals surface area contributed by atoms with Crippen LogP contribution in [-0.4, -0.2) is 11.7 Å². The van der Waals surface area contributed by atoms with Gasteiger partial charge in [0.1, 0.15) is 16.9 Å². The van der Waals surface area contributed by atoms with E-state index in [4.69, 9.17) is 0 Å². The second-order valence-corrected chi connectivity index (χ2v) is 7.12. The summed E-state index contributed by atoms with van der Waals surface area (Å²) in [6.45, 7) is 0. The van der Waals surface area contributed by atoms with Crippen LogP contribution < -0.4 is 5.32 Å². The summed E-state index contributed by atoms with van der Waals surface area (Å²) in [7, 11) is 0. The fourth-order valence-corrected chi connectivity index (χ4v) is 4.41. The van der Waals surface area contributed by atoms with Crippen molar-refractivity contribution in [1.29, 1.82) is 5.26 Å². The lowest BCUT2D eigenvalue weighted by Crippen LogP contribution is -2.13. The SMILES string of the molecule is N#Cc1c(NC(=O)CSc2ccc(F)cc2)sc2c1CCC2. The fraction of sp³-hybridized carbons (Fsp3) is 0.250. The van der Waals surface area contributed by atoms with Crippen molar-refractivity contribution in [3.8, 4) is 6.07 Å². The van der Waals surface area contributed by atoms with Crippen molar-refractivity contribution in [3.63, 3.8) is 0 Å². The van der Waals surface area contributed by atoms with Gasteiger partial charge in [-0.05, 0) is 49.1 Å². The van der Waals surface area contributed by atoms with Crippen LogP contribution in [0.4, 0.5) is 9.39 Å². The molecular weight excluding hydrogens is 319 g/mol. The van der Waals surface area contributed by atoms with E-state index in [-0.39, 0.29) is 17.5 Å². The summed E-state index contributed by atoms with van der Waals surface area (Å²) in [5.74, 6) is -0.203. The Kier molecular flexibility index (Phi) is 4.46. The van der Waals surface area contributed by atoms with Gasteiger partial charge in [0.05, 0.1) is 11.3 Å². The maximum absolute atomic E-state index is 12.8. The second-order valence-electron chi connectivity index (χ2n) is 4.96. The van der Waals surface area contributed by atoms with E-state index in [1.54, 1.807) is 12.1 Å². The van der Waals surface area contributed by atoms with Crippen LogP contribution in [-0.2, 0) is 17.6 Å². The Morgan fingerprint density at radius 2 is 2.14 bits per heavy atom. The predicted octanol–water partition coefficient (Wildman–Crippen LogP) is 3.98. The number of carbonyl (C=O) groups is 1. The Balaban J connectivity index is 1.63. The van der Waals surface area contributed by atoms with Gasteiger partial charge in [-0.25, -0.2) is 4.39 Å². The zero-order chi connectivity index (χ0) is 15.5. The topological polar surface area (TPSA) is 52.9 Å². The smallest absolute Gasteiger partial charge is 0.235 e. The van der Waals surface area contributed by atoms with Gasteiger partial charge in [-0.3, -0.25) is 4.79 Å². The molecule has 1 heterocycles. The minimum Gasteiger partial charge on any atom is -0.316 e. The highest BCUT2D eigenvalue weighted by Gasteiger charge is 2.22. The van der Waals surface area contributed by atoms with E-state index in [0.29, 0.717) is 10.6 Å². The number of nitrogens with zero attached hydrogens (tertiary/aromatic N) is 1. The third-order valence-electron chi connectivity index (χ3n) is 3.47. The monoisotopic (exact) mass is 332 g/mol. The standard InChI is InChI=1S/C16H13FN2OS2/c17-10-4-6-11(7-5-10)21-9-15(20)19-16-13(8-18)12-2-1-3-14(12)22-16/h4-7H,1-3,9H2,(H,19,20). The van der Waals surface area contributed by atoms with Crippen LogP contribution >= 0.6 is 23.1 Å². The summed E-state index contributed by atoms with van der Waals surface area (Å²) in [6, 6.07) is 8.25. The molecule has 1 N–H and O–H groups in total. The first-order chi connectivity index (χ1) is 10.7. The zero-order valence-electron chi connectivity index (χ0n) is 11.7. The lowest BCUT2D eigenvalue weighted by Gasteiger charge is -2.04. The largest absolute Gasteiger partial charge is 0.316 e. The number of benzene rings is 1. The van der Waals surface area contributed by atoms with E-state index in [1.807, 2.05) is 0 Å². The molecule has 112 valence electrons. The number of fused-ring (bicyclic) bond motifs is 1. The van der Waals surface area contributed by atoms with Crippen molar-refractivity contribution in [1.82, 2.24) is 0 Å². The molecule has 0 atom stereocenters. The lowest BCUT2D eigenvalue weighted by atomic mass is 10.1. The van der Waals surface area contributed by atoms with Gasteiger partial charge in [0.2, 0.25) is 5.91 Å². The third kappa shape index (κ3) is 3.16. The molecule has 3 nitrogen and oxygen atoms in total. The number of nitrogens with one attached hydrogen (secondary N) is 1. The molecule has 1 aromatic carbocycles. The number of anilines is 1. The summed E-state index contributed by atoms with van der Waals surface area (Å²) >= 11 is 2.86. The summed E-state index contributed by atoms with van der Waals surface area (Å²) in [5, 5.41) is 12.8. The molecule has 1 amide bonds. The molecule has 0 spiro atoms. The summed E-state index contributed by atoms with van der Waals surface area (Å²) in [4.78, 5) is 14.1. The van der Waals surface area contributed by atoms with E-state index >= 15 is 0 Å². The molecule has 6 heteroatoms. The van der Waals surface area contributed by atoms with Gasteiger partial charge < -0.3 is 5.32 Å². The first kappa shape index (κ1) is 15.1. The van der Waals surface area contributed by atoms with Gasteiger partial charge >= 0.3 is 0 Å². The average Bonchev–Trinajstić information content (AvgIpc) is 3.07. The molecule has 2 aromatic rings. The molecule has 0 radical (unpaired) electrons. The number of carbonyl (C=O) groups excluding carboxylic acids is 1. The Hall–Kier alpha value is -1.84. The maximum atomic E-state index is 12.8. The molecule has 22 heavy (non-hydrogen) atoms. The van der Waals surface area contributed by atoms with Crippen LogP contribution in [0.1, 0.15) is 22.4 Å². The first-order valence-corrected chi connectivity index (χ1v) is 8.70. The Bertz CT molecular complexity index is 747. The van der Waals surface area contributed by atoms with E-state index < -0.39 is 0 Å². The molecular formula is C16H13FN2OS2. The fourth-order valence-electron chi connectivity index (χ4n) is 2.45. The first-order valence-electron chi connectivity index (χ1n) is 6.90. The Morgan fingerprint density at radius 1 is 1.36 bits per heavy atom. The number of rotatable bonds is 4. The van der Waals surface area contributed by atoms with E-state index in [0.717, 1.165) is 29.7 Å². The van der Waals surface area contributed by atoms with Crippen LogP contribution in [0.25, 0.3) is 0 Å². The number of aryl methyl sites for hydroxylation is 1. The van der Waals surface area contributed by atoms with Crippen LogP contribution in [0.2, 0.25) is 0 Å². The van der Waals surface area contributed by atoms with Crippen molar-refractivity contribution in [2.45, 2.75) is 24.2 Å². The highest BCUT2D eigenvalue weighted by atomic mass is 32.2. The van der Waals surface area contributed by atoms with Crippen LogP contribution in [0.15, 0.2) is 29.2 Å². The Labute approximate surface area is 136 Å². The van der Waals surface area contributed by atoms with Gasteiger partial charge in [0, 0.05) is 9.77 Å². The predicted molar refractivity (Wildman–Crippen MR) is 86.8 cm³/mol. The quantitative estimate of drug-likeness (QED) is 0.862. The maximum Gasteiger partial charge on any atom is 0.235 e. The number of halogens is 1. The number of nitriles is 1. The van der Waals surface area contributed by atoms with Crippen molar-refractivity contribution in [2.24, 2.45) is 0 Å². The van der Waals surface area contributed by atoms with E-state index in [9.17, 15) is 14.4 Å². The molecule has 0 unspecified atom stereocenters. The molecule has 0 bridgehead atoms. The molecule has 0 saturated heterocycles. The van der Waals surface area contributed by atoms with Gasteiger partial charge in [-0.1, -0.05) is 0 Å². The minimum atomic E-state index is -0.291. The number of thioether (sulfide) groups is 1. The normalized spacial score (nSPS) is 12.7. The minimum absolute atomic E-state index is 0.147. The van der Waals surface area contributed by atoms with Gasteiger partial charge in [0.25, 0.3) is 0 Å². The third-order valence-corrected chi connectivity index (χ3v) is 5.69. The van der Waals surface area contributed by atoms with Gasteiger partial charge in [0.15, 0.2) is 0 Å². The summed E-state index contributed by atoms with van der Waals surface area (Å²) in [6.07, 6.45) is 3.01. The van der Waals surface area contributed by atoms with Crippen molar-refractivity contribution >= 4 is 34.0 Å². The van der Waals surface area contributed by atoms with Crippen LogP contribution in [0.3, 0.4) is 0 Å². The van der Waals surface area contributed by atoms with Crippen molar-refractivity contribution < 1.29 is 9.18 Å². The second kappa shape index (κ2) is 6.51. The average molecular weight is 332 g/mol. The van der Waals surface area contributed by atoms with Crippen LogP contribution in [0, 0.1) is 17.1 Å². The van der Waals surface area contributed by atoms with Gasteiger partial charge in [-0.2, -0.15) is 5.26 Å². The molecule has 0 aliphatic heterocycles. The van der Waals surface area contributed by atoms with Gasteiger partial charge in [-0.15, -0.1) is 23.1 Å². The number of amides is 1. The highest BCUT2D eigenvalue weighted by molar-refractivity contribution is 8.00. The number of hydrogen-bond donors (Lipinski definition) is 1. The van der Waals surface area contributed by atoms with Crippen molar-refractivity contribution in [2.75, 3.05) is 11.1 Å². The highest BCUT2D eigenvalue weighted by Crippen LogP contribution is 2.38. The molecule has 1 aliphatic carbocycles. The van der Waals surface area contributed by atoms with Crippen LogP contribution in [0.5, 0.6) is 0 Å². The molecule has 1 aromatic heterocycles. The van der Waals surface area contributed by atoms with Crippen molar-refractivity contribution in [3.05, 3.63) is 46.1 Å². The lowest BCUT2D eigenvalue weighted by molar-refractivity contribution is -0.113. The molecule has 1 aliphatic rings. The summed E-state index contributed by atoms with van der Waals surface area (Å²) < 4.78 is 12.8. The number of thiophene rings is 1. The van der Waals surface area contributed by atoms with E-state index in [1.165, 1.54) is 40.1 Å². The molecule has 3 rings (SSSR count).